The lowest BCUT2D eigenvalue weighted by atomic mass is 9.98. The molecule has 1 aliphatic heterocycles. The maximum atomic E-state index is 10.4. The zero-order valence-corrected chi connectivity index (χ0v) is 6.92. The van der Waals surface area contributed by atoms with Gasteiger partial charge in [-0.25, -0.2) is 4.79 Å². The molecule has 0 unspecified atom stereocenters. The zero-order chi connectivity index (χ0) is 8.55. The van der Waals surface area contributed by atoms with Crippen LogP contribution in [-0.2, 0) is 0 Å². The van der Waals surface area contributed by atoms with Crippen LogP contribution in [-0.4, -0.2) is 30.3 Å². The fraction of sp³-hybridized carbons (Fsp3) is 0.875. The average Bonchev–Trinajstić information content (AvgIpc) is 2.73. The minimum absolute atomic E-state index is 0.148. The van der Waals surface area contributed by atoms with Gasteiger partial charge in [0.1, 0.15) is 0 Å². The third-order valence-electron chi connectivity index (χ3n) is 2.80. The topological polar surface area (TPSA) is 61.4 Å². The van der Waals surface area contributed by atoms with E-state index in [4.69, 9.17) is 5.11 Å². The second kappa shape index (κ2) is 2.94. The van der Waals surface area contributed by atoms with Crippen LogP contribution in [0.2, 0.25) is 0 Å². The Kier molecular flexibility index (Phi) is 1.92. The van der Waals surface area contributed by atoms with Crippen molar-refractivity contribution < 1.29 is 9.90 Å². The first-order valence-electron chi connectivity index (χ1n) is 4.47. The highest BCUT2D eigenvalue weighted by Crippen LogP contribution is 2.39. The Morgan fingerprint density at radius 1 is 1.42 bits per heavy atom. The zero-order valence-electron chi connectivity index (χ0n) is 6.92. The minimum atomic E-state index is -0.894. The second-order valence-corrected chi connectivity index (χ2v) is 3.72. The van der Waals surface area contributed by atoms with Gasteiger partial charge in [-0.3, -0.25) is 0 Å². The fourth-order valence-corrected chi connectivity index (χ4v) is 2.04. The average molecular weight is 170 g/mol. The lowest BCUT2D eigenvalue weighted by molar-refractivity contribution is 0.186. The van der Waals surface area contributed by atoms with E-state index in [0.717, 1.165) is 19.0 Å². The summed E-state index contributed by atoms with van der Waals surface area (Å²) in [6.45, 7) is 1.78. The van der Waals surface area contributed by atoms with Crippen LogP contribution in [0.4, 0.5) is 4.79 Å². The van der Waals surface area contributed by atoms with Crippen LogP contribution in [0.3, 0.4) is 0 Å². The third-order valence-corrected chi connectivity index (χ3v) is 2.80. The van der Waals surface area contributed by atoms with Crippen molar-refractivity contribution in [2.24, 2.45) is 11.8 Å². The summed E-state index contributed by atoms with van der Waals surface area (Å²) >= 11 is 0. The SMILES string of the molecule is O=C(O)N[C@@H]1CNC[C@H]1C1CC1. The molecule has 2 atom stereocenters. The van der Waals surface area contributed by atoms with E-state index in [9.17, 15) is 4.79 Å². The Labute approximate surface area is 71.3 Å². The van der Waals surface area contributed by atoms with Crippen molar-refractivity contribution in [1.29, 1.82) is 0 Å². The molecule has 0 aromatic rings. The molecule has 68 valence electrons. The molecule has 4 nitrogen and oxygen atoms in total. The normalized spacial score (nSPS) is 35.0. The summed E-state index contributed by atoms with van der Waals surface area (Å²) in [7, 11) is 0. The monoisotopic (exact) mass is 170 g/mol. The van der Waals surface area contributed by atoms with Gasteiger partial charge in [0.15, 0.2) is 0 Å². The predicted octanol–water partition coefficient (Wildman–Crippen LogP) is 0.252. The third kappa shape index (κ3) is 1.53. The van der Waals surface area contributed by atoms with E-state index in [1.807, 2.05) is 0 Å². The van der Waals surface area contributed by atoms with E-state index < -0.39 is 6.09 Å². The van der Waals surface area contributed by atoms with E-state index in [1.165, 1.54) is 12.8 Å². The van der Waals surface area contributed by atoms with E-state index in [2.05, 4.69) is 10.6 Å². The quantitative estimate of drug-likeness (QED) is 0.556. The summed E-state index contributed by atoms with van der Waals surface area (Å²) in [6, 6.07) is 0.148. The fourth-order valence-electron chi connectivity index (χ4n) is 2.04. The van der Waals surface area contributed by atoms with Crippen molar-refractivity contribution in [1.82, 2.24) is 10.6 Å². The van der Waals surface area contributed by atoms with E-state index >= 15 is 0 Å². The molecule has 0 aromatic carbocycles. The summed E-state index contributed by atoms with van der Waals surface area (Å²) in [5.74, 6) is 1.32. The number of hydrogen-bond donors (Lipinski definition) is 3. The summed E-state index contributed by atoms with van der Waals surface area (Å²) in [5.41, 5.74) is 0. The number of amides is 1. The van der Waals surface area contributed by atoms with Crippen LogP contribution in [0.5, 0.6) is 0 Å². The molecule has 3 N–H and O–H groups in total. The first-order valence-corrected chi connectivity index (χ1v) is 4.47. The molecule has 4 heteroatoms. The van der Waals surface area contributed by atoms with Crippen molar-refractivity contribution in [2.75, 3.05) is 13.1 Å². The standard InChI is InChI=1S/C8H14N2O2/c11-8(12)10-7-4-9-3-6(7)5-1-2-5/h5-7,9-10H,1-4H2,(H,11,12)/t6-,7+/m0/s1. The van der Waals surface area contributed by atoms with Gasteiger partial charge in [0.05, 0.1) is 0 Å². The van der Waals surface area contributed by atoms with Gasteiger partial charge in [-0.1, -0.05) is 0 Å². The van der Waals surface area contributed by atoms with Crippen LogP contribution in [0.15, 0.2) is 0 Å². The molecule has 0 aromatic heterocycles. The van der Waals surface area contributed by atoms with Gasteiger partial charge in [0, 0.05) is 19.1 Å². The second-order valence-electron chi connectivity index (χ2n) is 3.72. The summed E-state index contributed by atoms with van der Waals surface area (Å²) < 4.78 is 0. The molecular weight excluding hydrogens is 156 g/mol. The Morgan fingerprint density at radius 3 is 2.75 bits per heavy atom. The lowest BCUT2D eigenvalue weighted by Gasteiger charge is -2.17. The molecule has 0 spiro atoms. The highest BCUT2D eigenvalue weighted by Gasteiger charge is 2.39. The van der Waals surface area contributed by atoms with Crippen LogP contribution in [0, 0.1) is 11.8 Å². The first-order chi connectivity index (χ1) is 5.77. The number of hydrogen-bond acceptors (Lipinski definition) is 2. The first kappa shape index (κ1) is 7.86. The van der Waals surface area contributed by atoms with Gasteiger partial charge in [-0.2, -0.15) is 0 Å². The largest absolute Gasteiger partial charge is 0.465 e. The van der Waals surface area contributed by atoms with Gasteiger partial charge in [0.25, 0.3) is 0 Å². The van der Waals surface area contributed by atoms with Crippen LogP contribution >= 0.6 is 0 Å². The van der Waals surface area contributed by atoms with Crippen molar-refractivity contribution in [3.05, 3.63) is 0 Å². The molecule has 12 heavy (non-hydrogen) atoms. The minimum Gasteiger partial charge on any atom is -0.465 e. The molecule has 1 aliphatic carbocycles. The van der Waals surface area contributed by atoms with Crippen LogP contribution in [0.1, 0.15) is 12.8 Å². The van der Waals surface area contributed by atoms with Crippen molar-refractivity contribution >= 4 is 6.09 Å². The van der Waals surface area contributed by atoms with E-state index in [-0.39, 0.29) is 6.04 Å². The molecular formula is C8H14N2O2. The number of nitrogens with one attached hydrogen (secondary N) is 2. The maximum Gasteiger partial charge on any atom is 0.404 e. The molecule has 2 aliphatic rings. The van der Waals surface area contributed by atoms with Crippen molar-refractivity contribution in [3.8, 4) is 0 Å². The van der Waals surface area contributed by atoms with Crippen LogP contribution < -0.4 is 10.6 Å². The van der Waals surface area contributed by atoms with Crippen molar-refractivity contribution in [3.63, 3.8) is 0 Å². The molecule has 0 radical (unpaired) electrons. The Hall–Kier alpha value is -0.770. The molecule has 0 bridgehead atoms. The maximum absolute atomic E-state index is 10.4. The summed E-state index contributed by atoms with van der Waals surface area (Å²) in [6.07, 6.45) is 1.67. The van der Waals surface area contributed by atoms with Gasteiger partial charge in [-0.15, -0.1) is 0 Å². The molecule has 2 rings (SSSR count). The number of carboxylic acid groups (broad SMARTS) is 1. The van der Waals surface area contributed by atoms with Crippen LogP contribution in [0.25, 0.3) is 0 Å². The van der Waals surface area contributed by atoms with E-state index in [1.54, 1.807) is 0 Å². The van der Waals surface area contributed by atoms with Gasteiger partial charge >= 0.3 is 6.09 Å². The summed E-state index contributed by atoms with van der Waals surface area (Å²) in [4.78, 5) is 10.4. The highest BCUT2D eigenvalue weighted by atomic mass is 16.4. The summed E-state index contributed by atoms with van der Waals surface area (Å²) in [5, 5.41) is 14.3. The molecule has 1 heterocycles. The van der Waals surface area contributed by atoms with Gasteiger partial charge in [0.2, 0.25) is 0 Å². The van der Waals surface area contributed by atoms with E-state index in [0.29, 0.717) is 5.92 Å². The molecule has 1 saturated heterocycles. The van der Waals surface area contributed by atoms with Gasteiger partial charge < -0.3 is 15.7 Å². The Balaban J connectivity index is 1.89. The smallest absolute Gasteiger partial charge is 0.404 e. The molecule has 2 fully saturated rings. The van der Waals surface area contributed by atoms with Crippen molar-refractivity contribution in [2.45, 2.75) is 18.9 Å². The predicted molar refractivity (Wildman–Crippen MR) is 44.0 cm³/mol. The molecule has 1 saturated carbocycles. The highest BCUT2D eigenvalue weighted by molar-refractivity contribution is 5.65. The Bertz CT molecular complexity index is 191. The number of rotatable bonds is 2. The molecule has 1 amide bonds. The Morgan fingerprint density at radius 2 is 2.17 bits per heavy atom. The number of carbonyl (C=O) groups is 1. The lowest BCUT2D eigenvalue weighted by Crippen LogP contribution is -2.40. The van der Waals surface area contributed by atoms with Gasteiger partial charge in [-0.05, 0) is 24.7 Å².